The van der Waals surface area contributed by atoms with Crippen molar-refractivity contribution in [1.82, 2.24) is 0 Å². The average Bonchev–Trinajstić information content (AvgIpc) is 2.25. The zero-order chi connectivity index (χ0) is 12.1. The van der Waals surface area contributed by atoms with Crippen LogP contribution >= 0.6 is 0 Å². The molecular formula is C11H14O5. The van der Waals surface area contributed by atoms with Crippen LogP contribution in [-0.4, -0.2) is 36.0 Å². The van der Waals surface area contributed by atoms with E-state index in [1.807, 2.05) is 0 Å². The molecular weight excluding hydrogens is 212 g/mol. The van der Waals surface area contributed by atoms with Crippen LogP contribution in [0.4, 0.5) is 0 Å². The molecule has 0 aliphatic rings. The van der Waals surface area contributed by atoms with Gasteiger partial charge in [0.1, 0.15) is 6.61 Å². The number of rotatable bonds is 5. The minimum Gasteiger partial charge on any atom is -0.493 e. The van der Waals surface area contributed by atoms with Crippen molar-refractivity contribution in [3.63, 3.8) is 0 Å². The Labute approximate surface area is 93.2 Å². The maximum Gasteiger partial charge on any atom is 0.335 e. The number of carboxylic acid groups (broad SMARTS) is 1. The molecule has 1 aromatic rings. The van der Waals surface area contributed by atoms with Gasteiger partial charge < -0.3 is 19.7 Å². The van der Waals surface area contributed by atoms with E-state index in [0.717, 1.165) is 0 Å². The van der Waals surface area contributed by atoms with Crippen LogP contribution in [0.5, 0.6) is 11.5 Å². The lowest BCUT2D eigenvalue weighted by molar-refractivity contribution is 0.0696. The molecule has 0 heterocycles. The molecule has 0 bridgehead atoms. The van der Waals surface area contributed by atoms with Gasteiger partial charge in [0, 0.05) is 0 Å². The zero-order valence-corrected chi connectivity index (χ0v) is 9.14. The van der Waals surface area contributed by atoms with Crippen LogP contribution in [0.1, 0.15) is 17.3 Å². The second-order valence-electron chi connectivity index (χ2n) is 3.33. The standard InChI is InChI=1S/C11H14O5/c1-7(12)6-16-9-4-3-8(11(13)14)5-10(9)15-2/h3-5,7,12H,6H2,1-2H3,(H,13,14)/t7-/m1/s1. The molecule has 5 nitrogen and oxygen atoms in total. The van der Waals surface area contributed by atoms with E-state index in [1.54, 1.807) is 6.92 Å². The molecule has 0 aromatic heterocycles. The summed E-state index contributed by atoms with van der Waals surface area (Å²) in [6, 6.07) is 4.30. The summed E-state index contributed by atoms with van der Waals surface area (Å²) in [6.07, 6.45) is -0.594. The highest BCUT2D eigenvalue weighted by Gasteiger charge is 2.10. The van der Waals surface area contributed by atoms with E-state index < -0.39 is 12.1 Å². The van der Waals surface area contributed by atoms with Gasteiger partial charge in [-0.3, -0.25) is 0 Å². The summed E-state index contributed by atoms with van der Waals surface area (Å²) in [4.78, 5) is 10.7. The minimum atomic E-state index is -1.03. The molecule has 0 fully saturated rings. The number of aliphatic hydroxyl groups is 1. The van der Waals surface area contributed by atoms with Crippen molar-refractivity contribution in [2.45, 2.75) is 13.0 Å². The van der Waals surface area contributed by atoms with Crippen molar-refractivity contribution in [2.24, 2.45) is 0 Å². The number of hydrogen-bond donors (Lipinski definition) is 2. The Morgan fingerprint density at radius 1 is 1.44 bits per heavy atom. The summed E-state index contributed by atoms with van der Waals surface area (Å²) in [7, 11) is 1.43. The maximum atomic E-state index is 10.7. The van der Waals surface area contributed by atoms with Gasteiger partial charge in [-0.15, -0.1) is 0 Å². The fourth-order valence-corrected chi connectivity index (χ4v) is 1.13. The highest BCUT2D eigenvalue weighted by atomic mass is 16.5. The molecule has 0 aliphatic heterocycles. The summed E-state index contributed by atoms with van der Waals surface area (Å²) in [6.45, 7) is 1.72. The molecule has 0 saturated carbocycles. The molecule has 0 aliphatic carbocycles. The summed E-state index contributed by atoms with van der Waals surface area (Å²) >= 11 is 0. The molecule has 2 N–H and O–H groups in total. The normalized spacial score (nSPS) is 11.9. The molecule has 1 atom stereocenters. The van der Waals surface area contributed by atoms with E-state index in [4.69, 9.17) is 19.7 Å². The van der Waals surface area contributed by atoms with Gasteiger partial charge in [-0.25, -0.2) is 4.79 Å². The maximum absolute atomic E-state index is 10.7. The lowest BCUT2D eigenvalue weighted by Gasteiger charge is -2.12. The van der Waals surface area contributed by atoms with Gasteiger partial charge in [0.15, 0.2) is 11.5 Å². The molecule has 88 valence electrons. The second kappa shape index (κ2) is 5.37. The van der Waals surface area contributed by atoms with Crippen molar-refractivity contribution >= 4 is 5.97 Å². The molecule has 0 radical (unpaired) electrons. The van der Waals surface area contributed by atoms with Crippen LogP contribution in [0, 0.1) is 0 Å². The summed E-state index contributed by atoms with van der Waals surface area (Å²) in [5.41, 5.74) is 0.126. The molecule has 1 rings (SSSR count). The Balaban J connectivity index is 2.89. The monoisotopic (exact) mass is 226 g/mol. The lowest BCUT2D eigenvalue weighted by Crippen LogP contribution is -2.13. The number of methoxy groups -OCH3 is 1. The third kappa shape index (κ3) is 3.13. The Morgan fingerprint density at radius 3 is 2.62 bits per heavy atom. The number of aliphatic hydroxyl groups excluding tert-OH is 1. The highest BCUT2D eigenvalue weighted by molar-refractivity contribution is 5.88. The highest BCUT2D eigenvalue weighted by Crippen LogP contribution is 2.28. The van der Waals surface area contributed by atoms with Crippen LogP contribution in [0.15, 0.2) is 18.2 Å². The molecule has 5 heteroatoms. The van der Waals surface area contributed by atoms with Gasteiger partial charge in [0.25, 0.3) is 0 Å². The largest absolute Gasteiger partial charge is 0.493 e. The predicted molar refractivity (Wildman–Crippen MR) is 57.1 cm³/mol. The van der Waals surface area contributed by atoms with Gasteiger partial charge in [0.2, 0.25) is 0 Å². The Kier molecular flexibility index (Phi) is 4.13. The van der Waals surface area contributed by atoms with Crippen LogP contribution in [-0.2, 0) is 0 Å². The van der Waals surface area contributed by atoms with Gasteiger partial charge in [-0.1, -0.05) is 0 Å². The lowest BCUT2D eigenvalue weighted by atomic mass is 10.2. The van der Waals surface area contributed by atoms with E-state index in [2.05, 4.69) is 0 Å². The third-order valence-electron chi connectivity index (χ3n) is 1.89. The van der Waals surface area contributed by atoms with Crippen LogP contribution in [0.25, 0.3) is 0 Å². The number of aromatic carboxylic acids is 1. The first-order valence-corrected chi connectivity index (χ1v) is 4.76. The number of hydrogen-bond acceptors (Lipinski definition) is 4. The number of carboxylic acids is 1. The van der Waals surface area contributed by atoms with Gasteiger partial charge >= 0.3 is 5.97 Å². The van der Waals surface area contributed by atoms with Crippen molar-refractivity contribution in [3.05, 3.63) is 23.8 Å². The van der Waals surface area contributed by atoms with Crippen LogP contribution in [0.2, 0.25) is 0 Å². The van der Waals surface area contributed by atoms with Crippen molar-refractivity contribution < 1.29 is 24.5 Å². The van der Waals surface area contributed by atoms with Crippen LogP contribution < -0.4 is 9.47 Å². The van der Waals surface area contributed by atoms with E-state index >= 15 is 0 Å². The summed E-state index contributed by atoms with van der Waals surface area (Å²) < 4.78 is 10.3. The Bertz CT molecular complexity index is 373. The van der Waals surface area contributed by atoms with E-state index in [1.165, 1.54) is 25.3 Å². The quantitative estimate of drug-likeness (QED) is 0.787. The smallest absolute Gasteiger partial charge is 0.335 e. The van der Waals surface area contributed by atoms with Gasteiger partial charge in [-0.05, 0) is 25.1 Å². The molecule has 0 saturated heterocycles. The van der Waals surface area contributed by atoms with E-state index in [9.17, 15) is 4.79 Å². The fourth-order valence-electron chi connectivity index (χ4n) is 1.13. The van der Waals surface area contributed by atoms with Gasteiger partial charge in [0.05, 0.1) is 18.8 Å². The topological polar surface area (TPSA) is 76.0 Å². The first-order valence-electron chi connectivity index (χ1n) is 4.76. The molecule has 0 amide bonds. The summed E-state index contributed by atoms with van der Waals surface area (Å²) in [5.74, 6) is -0.283. The molecule has 1 aromatic carbocycles. The molecule has 0 spiro atoms. The third-order valence-corrected chi connectivity index (χ3v) is 1.89. The second-order valence-corrected chi connectivity index (χ2v) is 3.33. The SMILES string of the molecule is COc1cc(C(=O)O)ccc1OC[C@@H](C)O. The first kappa shape index (κ1) is 12.3. The fraction of sp³-hybridized carbons (Fsp3) is 0.364. The number of ether oxygens (including phenoxy) is 2. The average molecular weight is 226 g/mol. The summed E-state index contributed by atoms with van der Waals surface area (Å²) in [5, 5.41) is 17.8. The van der Waals surface area contributed by atoms with Crippen molar-refractivity contribution in [2.75, 3.05) is 13.7 Å². The van der Waals surface area contributed by atoms with Gasteiger partial charge in [-0.2, -0.15) is 0 Å². The Morgan fingerprint density at radius 2 is 2.12 bits per heavy atom. The zero-order valence-electron chi connectivity index (χ0n) is 9.14. The molecule has 0 unspecified atom stereocenters. The first-order chi connectivity index (χ1) is 7.54. The van der Waals surface area contributed by atoms with Crippen molar-refractivity contribution in [3.8, 4) is 11.5 Å². The van der Waals surface area contributed by atoms with Crippen molar-refractivity contribution in [1.29, 1.82) is 0 Å². The Hall–Kier alpha value is -1.75. The molecule has 16 heavy (non-hydrogen) atoms. The van der Waals surface area contributed by atoms with E-state index in [0.29, 0.717) is 11.5 Å². The number of benzene rings is 1. The van der Waals surface area contributed by atoms with Crippen LogP contribution in [0.3, 0.4) is 0 Å². The predicted octanol–water partition coefficient (Wildman–Crippen LogP) is 1.15. The number of carbonyl (C=O) groups is 1. The van der Waals surface area contributed by atoms with E-state index in [-0.39, 0.29) is 12.2 Å². The minimum absolute atomic E-state index is 0.126.